The zero-order valence-electron chi connectivity index (χ0n) is 20.1. The van der Waals surface area contributed by atoms with Gasteiger partial charge in [-0.05, 0) is 61.1 Å². The van der Waals surface area contributed by atoms with Crippen molar-refractivity contribution in [1.82, 2.24) is 4.90 Å². The second-order valence-electron chi connectivity index (χ2n) is 8.21. The summed E-state index contributed by atoms with van der Waals surface area (Å²) in [6, 6.07) is 6.49. The molecule has 0 aliphatic carbocycles. The van der Waals surface area contributed by atoms with Gasteiger partial charge in [0.1, 0.15) is 23.7 Å². The quantitative estimate of drug-likeness (QED) is 0.234. The third-order valence-electron chi connectivity index (χ3n) is 6.04. The third kappa shape index (κ3) is 5.87. The average molecular weight is 613 g/mol. The molecular formula is C25H27Br2NO7. The summed E-state index contributed by atoms with van der Waals surface area (Å²) in [6.45, 7) is 3.60. The number of methoxy groups -OCH3 is 2. The number of halogens is 2. The van der Waals surface area contributed by atoms with Gasteiger partial charge in [0.15, 0.2) is 11.5 Å². The summed E-state index contributed by atoms with van der Waals surface area (Å²) in [5.74, 6) is -0.869. The van der Waals surface area contributed by atoms with Crippen molar-refractivity contribution in [2.45, 2.75) is 32.2 Å². The number of likely N-dealkylation sites (N-methyl/N-ethyl adjacent to an activating group) is 1. The van der Waals surface area contributed by atoms with E-state index in [1.807, 2.05) is 7.05 Å². The summed E-state index contributed by atoms with van der Waals surface area (Å²) < 4.78 is 23.8. The normalized spacial score (nSPS) is 17.7. The van der Waals surface area contributed by atoms with E-state index < -0.39 is 5.97 Å². The molecule has 0 radical (unpaired) electrons. The van der Waals surface area contributed by atoms with E-state index in [1.165, 1.54) is 28.1 Å². The fraction of sp³-hybridized carbons (Fsp3) is 0.400. The molecule has 188 valence electrons. The number of hydrogen-bond donors (Lipinski definition) is 0. The number of carbonyl (C=O) groups excluding carboxylic acids is 3. The van der Waals surface area contributed by atoms with Gasteiger partial charge in [-0.2, -0.15) is 0 Å². The maximum atomic E-state index is 13.3. The largest absolute Gasteiger partial charge is 0.496 e. The second kappa shape index (κ2) is 11.5. The number of Topliss-reactive ketones (excluding diaryl/α,β-unsaturated/α-hetero) is 1. The van der Waals surface area contributed by atoms with E-state index in [-0.39, 0.29) is 52.9 Å². The summed E-state index contributed by atoms with van der Waals surface area (Å²) in [6.07, 6.45) is 0.676. The van der Waals surface area contributed by atoms with Crippen LogP contribution in [0.25, 0.3) is 0 Å². The van der Waals surface area contributed by atoms with Crippen molar-refractivity contribution in [2.75, 3.05) is 34.4 Å². The van der Waals surface area contributed by atoms with Crippen LogP contribution in [0.4, 0.5) is 0 Å². The molecule has 1 aliphatic heterocycles. The number of benzene rings is 2. The average Bonchev–Trinajstić information content (AvgIpc) is 3.15. The van der Waals surface area contributed by atoms with Gasteiger partial charge in [0.05, 0.1) is 25.8 Å². The summed E-state index contributed by atoms with van der Waals surface area (Å²) in [7, 11) is 4.87. The molecule has 1 aliphatic rings. The van der Waals surface area contributed by atoms with Crippen LogP contribution < -0.4 is 14.2 Å². The molecule has 2 atom stereocenters. The van der Waals surface area contributed by atoms with E-state index >= 15 is 0 Å². The minimum absolute atomic E-state index is 0.0849. The minimum Gasteiger partial charge on any atom is -0.496 e. The highest BCUT2D eigenvalue weighted by Gasteiger charge is 2.40. The van der Waals surface area contributed by atoms with Crippen LogP contribution in [0.5, 0.6) is 17.2 Å². The first-order valence-electron chi connectivity index (χ1n) is 10.9. The Balaban J connectivity index is 2.20. The highest BCUT2D eigenvalue weighted by atomic mass is 79.9. The molecule has 0 N–H and O–H groups in total. The van der Waals surface area contributed by atoms with Gasteiger partial charge in [-0.15, -0.1) is 0 Å². The van der Waals surface area contributed by atoms with E-state index in [0.717, 1.165) is 4.47 Å². The van der Waals surface area contributed by atoms with Gasteiger partial charge in [0, 0.05) is 33.4 Å². The van der Waals surface area contributed by atoms with Crippen LogP contribution in [0.15, 0.2) is 33.2 Å². The summed E-state index contributed by atoms with van der Waals surface area (Å²) >= 11 is 6.77. The lowest BCUT2D eigenvalue weighted by Crippen LogP contribution is -2.34. The molecule has 0 aromatic heterocycles. The molecule has 35 heavy (non-hydrogen) atoms. The number of esters is 2. The van der Waals surface area contributed by atoms with Gasteiger partial charge in [-0.3, -0.25) is 14.5 Å². The van der Waals surface area contributed by atoms with Crippen molar-refractivity contribution in [1.29, 1.82) is 0 Å². The van der Waals surface area contributed by atoms with Crippen LogP contribution in [-0.4, -0.2) is 63.1 Å². The number of likely N-dealkylation sites (tertiary alicyclic amines) is 1. The van der Waals surface area contributed by atoms with Crippen LogP contribution in [0.2, 0.25) is 0 Å². The van der Waals surface area contributed by atoms with Crippen molar-refractivity contribution in [2.24, 2.45) is 0 Å². The highest BCUT2D eigenvalue weighted by Crippen LogP contribution is 2.48. The van der Waals surface area contributed by atoms with Gasteiger partial charge < -0.3 is 18.9 Å². The summed E-state index contributed by atoms with van der Waals surface area (Å²) in [5.41, 5.74) is 0.989. The Morgan fingerprint density at radius 2 is 1.74 bits per heavy atom. The molecule has 1 fully saturated rings. The van der Waals surface area contributed by atoms with Crippen LogP contribution in [0.3, 0.4) is 0 Å². The minimum atomic E-state index is -0.647. The number of carbonyl (C=O) groups is 3. The molecular weight excluding hydrogens is 586 g/mol. The van der Waals surface area contributed by atoms with E-state index in [1.54, 1.807) is 24.3 Å². The molecule has 0 bridgehead atoms. The fourth-order valence-electron chi connectivity index (χ4n) is 4.34. The van der Waals surface area contributed by atoms with Crippen LogP contribution >= 0.6 is 31.9 Å². The Morgan fingerprint density at radius 3 is 2.31 bits per heavy atom. The van der Waals surface area contributed by atoms with Crippen molar-refractivity contribution >= 4 is 49.6 Å². The first-order chi connectivity index (χ1) is 16.6. The Kier molecular flexibility index (Phi) is 8.95. The monoisotopic (exact) mass is 611 g/mol. The highest BCUT2D eigenvalue weighted by molar-refractivity contribution is 9.11. The zero-order chi connectivity index (χ0) is 25.9. The van der Waals surface area contributed by atoms with Gasteiger partial charge in [-0.25, -0.2) is 4.79 Å². The van der Waals surface area contributed by atoms with E-state index in [2.05, 4.69) is 36.8 Å². The van der Waals surface area contributed by atoms with Crippen molar-refractivity contribution in [3.05, 3.63) is 49.9 Å². The van der Waals surface area contributed by atoms with Crippen LogP contribution in [0.1, 0.15) is 52.5 Å². The van der Waals surface area contributed by atoms with Crippen molar-refractivity contribution in [3.8, 4) is 17.2 Å². The number of rotatable bonds is 8. The smallest absolute Gasteiger partial charge is 0.344 e. The number of hydrogen-bond acceptors (Lipinski definition) is 8. The number of ketones is 1. The standard InChI is InChI=1S/C25H27Br2NO7/c1-13(29)22-20(32-4)11-21(33-5)23(17-8-9-28(3)19(17)12-34-14(2)30)24(22)35-25(31)16-7-6-15(26)10-18(16)27/h6-7,10-11,17,19H,8-9,12H2,1-5H3/t17-,19+/m1/s1. The Hall–Kier alpha value is -2.43. The summed E-state index contributed by atoms with van der Waals surface area (Å²) in [4.78, 5) is 39.7. The molecule has 1 saturated heterocycles. The second-order valence-corrected chi connectivity index (χ2v) is 9.98. The lowest BCUT2D eigenvalue weighted by atomic mass is 9.87. The predicted molar refractivity (Wildman–Crippen MR) is 137 cm³/mol. The lowest BCUT2D eigenvalue weighted by molar-refractivity contribution is -0.142. The van der Waals surface area contributed by atoms with Crippen molar-refractivity contribution in [3.63, 3.8) is 0 Å². The molecule has 0 saturated carbocycles. The molecule has 0 spiro atoms. The van der Waals surface area contributed by atoms with Gasteiger partial charge in [0.2, 0.25) is 0 Å². The molecule has 8 nitrogen and oxygen atoms in total. The Morgan fingerprint density at radius 1 is 1.06 bits per heavy atom. The van der Waals surface area contributed by atoms with E-state index in [9.17, 15) is 14.4 Å². The number of nitrogens with zero attached hydrogens (tertiary/aromatic N) is 1. The maximum Gasteiger partial charge on any atom is 0.344 e. The number of ether oxygens (including phenoxy) is 4. The molecule has 10 heteroatoms. The van der Waals surface area contributed by atoms with Gasteiger partial charge in [0.25, 0.3) is 0 Å². The Labute approximate surface area is 221 Å². The molecule has 0 amide bonds. The van der Waals surface area contributed by atoms with Crippen LogP contribution in [0, 0.1) is 0 Å². The van der Waals surface area contributed by atoms with Crippen LogP contribution in [-0.2, 0) is 9.53 Å². The lowest BCUT2D eigenvalue weighted by Gasteiger charge is -2.28. The molecule has 2 aromatic carbocycles. The third-order valence-corrected chi connectivity index (χ3v) is 7.18. The van der Waals surface area contributed by atoms with E-state index in [4.69, 9.17) is 18.9 Å². The molecule has 0 unspecified atom stereocenters. The van der Waals surface area contributed by atoms with Crippen molar-refractivity contribution < 1.29 is 33.3 Å². The molecule has 2 aromatic rings. The first kappa shape index (κ1) is 27.2. The first-order valence-corrected chi connectivity index (χ1v) is 12.5. The fourth-order valence-corrected chi connectivity index (χ4v) is 5.55. The maximum absolute atomic E-state index is 13.3. The molecule has 3 rings (SSSR count). The Bertz CT molecular complexity index is 1150. The topological polar surface area (TPSA) is 91.4 Å². The predicted octanol–water partition coefficient (Wildman–Crippen LogP) is 5.00. The van der Waals surface area contributed by atoms with Gasteiger partial charge >= 0.3 is 11.9 Å². The summed E-state index contributed by atoms with van der Waals surface area (Å²) in [5, 5.41) is 0. The molecule has 1 heterocycles. The van der Waals surface area contributed by atoms with E-state index in [0.29, 0.717) is 28.8 Å². The zero-order valence-corrected chi connectivity index (χ0v) is 23.3. The SMILES string of the molecule is COc1cc(OC)c([C@@H]2CCN(C)[C@H]2COC(C)=O)c(OC(=O)c2ccc(Br)cc2Br)c1C(C)=O. The van der Waals surface area contributed by atoms with Gasteiger partial charge in [-0.1, -0.05) is 15.9 Å².